The lowest BCUT2D eigenvalue weighted by molar-refractivity contribution is -0.418. The Morgan fingerprint density at radius 2 is 2.00 bits per heavy atom. The van der Waals surface area contributed by atoms with Crippen LogP contribution >= 0.6 is 0 Å². The van der Waals surface area contributed by atoms with Crippen molar-refractivity contribution < 1.29 is 4.58 Å². The summed E-state index contributed by atoms with van der Waals surface area (Å²) in [4.78, 5) is 6.84. The summed E-state index contributed by atoms with van der Waals surface area (Å²) < 4.78 is 2.03. The molecule has 0 aliphatic rings. The van der Waals surface area contributed by atoms with Crippen LogP contribution in [0.5, 0.6) is 0 Å². The van der Waals surface area contributed by atoms with Gasteiger partial charge in [-0.2, -0.15) is 0 Å². The van der Waals surface area contributed by atoms with Crippen LogP contribution in [0.15, 0.2) is 36.8 Å². The largest absolute Gasteiger partial charge is 0.299 e. The summed E-state index contributed by atoms with van der Waals surface area (Å²) in [5.41, 5.74) is 1.30. The number of nitrogens with zero attached hydrogens (tertiary/aromatic N) is 3. The van der Waals surface area contributed by atoms with E-state index in [1.165, 1.54) is 5.56 Å². The normalized spacial score (nSPS) is 13.9. The van der Waals surface area contributed by atoms with Crippen LogP contribution in [-0.2, 0) is 0 Å². The van der Waals surface area contributed by atoms with Gasteiger partial charge in [-0.15, -0.1) is 6.42 Å². The zero-order valence-corrected chi connectivity index (χ0v) is 15.8. The van der Waals surface area contributed by atoms with Gasteiger partial charge in [0.25, 0.3) is 0 Å². The molecule has 1 aromatic heterocycles. The standard InChI is InChI=1S/C21H32N3/c1-7-8-14-23(6)15-11-20(21-10-9-13-22-17-21)12-16-24(18(2)3)19(4)5/h1,8-10,13-15,17-20H,11-12,16H2,2-6H3/q+1/b14-8-,23-15?. The van der Waals surface area contributed by atoms with E-state index < -0.39 is 0 Å². The quantitative estimate of drug-likeness (QED) is 0.389. The maximum absolute atomic E-state index is 5.27. The molecule has 1 atom stereocenters. The first-order valence-corrected chi connectivity index (χ1v) is 8.79. The van der Waals surface area contributed by atoms with Crippen molar-refractivity contribution in [3.05, 3.63) is 42.4 Å². The molecule has 0 saturated carbocycles. The second-order valence-electron chi connectivity index (χ2n) is 6.76. The van der Waals surface area contributed by atoms with Crippen molar-refractivity contribution in [2.45, 2.75) is 58.5 Å². The van der Waals surface area contributed by atoms with E-state index in [4.69, 9.17) is 6.42 Å². The molecule has 1 aromatic rings. The SMILES string of the molecule is C#C/C=C\[N+](C)=CCC(CCN(C(C)C)C(C)C)c1cccnc1. The number of terminal acetylenes is 1. The molecule has 0 spiro atoms. The van der Waals surface area contributed by atoms with E-state index in [0.717, 1.165) is 19.4 Å². The second kappa shape index (κ2) is 10.8. The van der Waals surface area contributed by atoms with Crippen LogP contribution in [-0.4, -0.2) is 46.4 Å². The molecule has 0 N–H and O–H groups in total. The molecule has 1 rings (SSSR count). The van der Waals surface area contributed by atoms with E-state index in [9.17, 15) is 0 Å². The zero-order chi connectivity index (χ0) is 17.9. The van der Waals surface area contributed by atoms with Crippen LogP contribution < -0.4 is 0 Å². The van der Waals surface area contributed by atoms with Gasteiger partial charge in [-0.25, -0.2) is 4.58 Å². The van der Waals surface area contributed by atoms with E-state index in [1.54, 1.807) is 6.08 Å². The Morgan fingerprint density at radius 1 is 1.29 bits per heavy atom. The number of aromatic nitrogens is 1. The highest BCUT2D eigenvalue weighted by molar-refractivity contribution is 5.53. The van der Waals surface area contributed by atoms with E-state index >= 15 is 0 Å². The summed E-state index contributed by atoms with van der Waals surface area (Å²) >= 11 is 0. The van der Waals surface area contributed by atoms with Gasteiger partial charge in [0.05, 0.1) is 6.08 Å². The Morgan fingerprint density at radius 3 is 2.54 bits per heavy atom. The number of allylic oxidation sites excluding steroid dienone is 1. The van der Waals surface area contributed by atoms with Gasteiger partial charge in [-0.05, 0) is 58.2 Å². The van der Waals surface area contributed by atoms with Crippen molar-refractivity contribution in [3.63, 3.8) is 0 Å². The Bertz CT molecular complexity index is 556. The minimum absolute atomic E-state index is 0.459. The van der Waals surface area contributed by atoms with Crippen molar-refractivity contribution in [1.82, 2.24) is 9.88 Å². The molecule has 0 aliphatic heterocycles. The maximum atomic E-state index is 5.27. The predicted molar refractivity (Wildman–Crippen MR) is 103 cm³/mol. The minimum Gasteiger partial charge on any atom is -0.299 e. The molecule has 0 radical (unpaired) electrons. The third kappa shape index (κ3) is 7.10. The van der Waals surface area contributed by atoms with Gasteiger partial charge in [0, 0.05) is 30.9 Å². The lowest BCUT2D eigenvalue weighted by Gasteiger charge is -2.31. The fourth-order valence-electron chi connectivity index (χ4n) is 2.97. The fraction of sp³-hybridized carbons (Fsp3) is 0.524. The highest BCUT2D eigenvalue weighted by Gasteiger charge is 2.18. The highest BCUT2D eigenvalue weighted by atomic mass is 15.2. The highest BCUT2D eigenvalue weighted by Crippen LogP contribution is 2.23. The van der Waals surface area contributed by atoms with Gasteiger partial charge in [0.2, 0.25) is 0 Å². The number of rotatable bonds is 9. The third-order valence-electron chi connectivity index (χ3n) is 4.30. The van der Waals surface area contributed by atoms with Gasteiger partial charge >= 0.3 is 0 Å². The van der Waals surface area contributed by atoms with Crippen LogP contribution in [0.25, 0.3) is 0 Å². The molecule has 3 heteroatoms. The van der Waals surface area contributed by atoms with Crippen molar-refractivity contribution in [2.75, 3.05) is 13.6 Å². The molecule has 1 unspecified atom stereocenters. The fourth-order valence-corrected chi connectivity index (χ4v) is 2.97. The van der Waals surface area contributed by atoms with Gasteiger partial charge in [-0.1, -0.05) is 12.0 Å². The summed E-state index contributed by atoms with van der Waals surface area (Å²) in [6.45, 7) is 10.2. The molecule has 0 aliphatic carbocycles. The summed E-state index contributed by atoms with van der Waals surface area (Å²) in [6.07, 6.45) is 17.0. The van der Waals surface area contributed by atoms with Gasteiger partial charge in [0.15, 0.2) is 6.20 Å². The van der Waals surface area contributed by atoms with Gasteiger partial charge < -0.3 is 0 Å². The monoisotopic (exact) mass is 326 g/mol. The Kier molecular flexibility index (Phi) is 9.04. The zero-order valence-electron chi connectivity index (χ0n) is 15.8. The van der Waals surface area contributed by atoms with Crippen molar-refractivity contribution in [3.8, 4) is 12.3 Å². The summed E-state index contributed by atoms with van der Waals surface area (Å²) in [7, 11) is 2.02. The molecule has 0 fully saturated rings. The minimum atomic E-state index is 0.459. The Hall–Kier alpha value is -1.92. The van der Waals surface area contributed by atoms with Crippen LogP contribution in [0.2, 0.25) is 0 Å². The molecule has 0 aromatic carbocycles. The predicted octanol–water partition coefficient (Wildman–Crippen LogP) is 3.92. The second-order valence-corrected chi connectivity index (χ2v) is 6.76. The third-order valence-corrected chi connectivity index (χ3v) is 4.30. The first-order valence-electron chi connectivity index (χ1n) is 8.79. The summed E-state index contributed by atoms with van der Waals surface area (Å²) in [5.74, 6) is 2.98. The lowest BCUT2D eigenvalue weighted by Crippen LogP contribution is -2.38. The average Bonchev–Trinajstić information content (AvgIpc) is 2.56. The van der Waals surface area contributed by atoms with Gasteiger partial charge in [-0.3, -0.25) is 9.88 Å². The Balaban J connectivity index is 2.83. The average molecular weight is 327 g/mol. The molecule has 130 valence electrons. The molecule has 0 bridgehead atoms. The van der Waals surface area contributed by atoms with E-state index in [0.29, 0.717) is 18.0 Å². The summed E-state index contributed by atoms with van der Waals surface area (Å²) in [6, 6.07) is 5.32. The summed E-state index contributed by atoms with van der Waals surface area (Å²) in [5, 5.41) is 0. The topological polar surface area (TPSA) is 19.1 Å². The van der Waals surface area contributed by atoms with E-state index in [-0.39, 0.29) is 0 Å². The van der Waals surface area contributed by atoms with Crippen molar-refractivity contribution >= 4 is 6.21 Å². The van der Waals surface area contributed by atoms with Crippen LogP contribution in [0, 0.1) is 12.3 Å². The van der Waals surface area contributed by atoms with Crippen LogP contribution in [0.1, 0.15) is 52.0 Å². The van der Waals surface area contributed by atoms with E-state index in [1.807, 2.05) is 36.3 Å². The number of hydrogen-bond acceptors (Lipinski definition) is 2. The molecule has 0 saturated heterocycles. The van der Waals surface area contributed by atoms with Crippen LogP contribution in [0.4, 0.5) is 0 Å². The van der Waals surface area contributed by atoms with Gasteiger partial charge in [0.1, 0.15) is 13.3 Å². The number of pyridine rings is 1. The van der Waals surface area contributed by atoms with Crippen molar-refractivity contribution in [1.29, 1.82) is 0 Å². The number of hydrogen-bond donors (Lipinski definition) is 0. The van der Waals surface area contributed by atoms with Crippen LogP contribution in [0.3, 0.4) is 0 Å². The first kappa shape index (κ1) is 20.1. The molecule has 24 heavy (non-hydrogen) atoms. The Labute approximate surface area is 148 Å². The smallest absolute Gasteiger partial charge is 0.176 e. The maximum Gasteiger partial charge on any atom is 0.176 e. The molecule has 0 amide bonds. The molecular weight excluding hydrogens is 294 g/mol. The molecule has 3 nitrogen and oxygen atoms in total. The van der Waals surface area contributed by atoms with E-state index in [2.05, 4.69) is 55.8 Å². The lowest BCUT2D eigenvalue weighted by atomic mass is 9.93. The molecule has 1 heterocycles. The first-order chi connectivity index (χ1) is 11.5. The molecular formula is C21H32N3+. The van der Waals surface area contributed by atoms with Crippen molar-refractivity contribution in [2.24, 2.45) is 0 Å².